The van der Waals surface area contributed by atoms with E-state index in [1.54, 1.807) is 0 Å². The highest BCUT2D eigenvalue weighted by Crippen LogP contribution is 2.32. The van der Waals surface area contributed by atoms with Gasteiger partial charge in [-0.1, -0.05) is 17.3 Å². The van der Waals surface area contributed by atoms with Gasteiger partial charge in [0.1, 0.15) is 5.82 Å². The van der Waals surface area contributed by atoms with Gasteiger partial charge in [0, 0.05) is 25.3 Å². The van der Waals surface area contributed by atoms with Crippen LogP contribution in [0.2, 0.25) is 0 Å². The molecule has 0 saturated carbocycles. The van der Waals surface area contributed by atoms with Crippen molar-refractivity contribution >= 4 is 11.6 Å². The Morgan fingerprint density at radius 2 is 1.87 bits per heavy atom. The molecule has 0 spiro atoms. The van der Waals surface area contributed by atoms with E-state index in [1.165, 1.54) is 0 Å². The second-order valence-corrected chi connectivity index (χ2v) is 6.85. The average molecular weight is 435 g/mol. The lowest BCUT2D eigenvalue weighted by atomic mass is 10.2. The molecule has 3 rings (SSSR count). The Hall–Kier alpha value is -3.43. The molecular formula is C21H21F4N5O. The quantitative estimate of drug-likeness (QED) is 0.570. The van der Waals surface area contributed by atoms with Gasteiger partial charge in [-0.15, -0.1) is 5.10 Å². The largest absolute Gasteiger partial charge is 0.435 e. The van der Waals surface area contributed by atoms with Crippen molar-refractivity contribution < 1.29 is 22.4 Å². The SMILES string of the molecule is CCN(CCNC(=O)c1nnn(-c2ccc(F)cc2)c1C(F)(F)F)c1cccc(C)c1. The number of halogens is 4. The molecule has 164 valence electrons. The van der Waals surface area contributed by atoms with Gasteiger partial charge in [0.05, 0.1) is 5.69 Å². The molecule has 1 heterocycles. The zero-order valence-corrected chi connectivity index (χ0v) is 16.9. The van der Waals surface area contributed by atoms with Crippen LogP contribution >= 0.6 is 0 Å². The fourth-order valence-electron chi connectivity index (χ4n) is 3.13. The summed E-state index contributed by atoms with van der Waals surface area (Å²) < 4.78 is 54.6. The highest BCUT2D eigenvalue weighted by Gasteiger charge is 2.42. The topological polar surface area (TPSA) is 63.1 Å². The maximum Gasteiger partial charge on any atom is 0.435 e. The Labute approximate surface area is 176 Å². The van der Waals surface area contributed by atoms with Crippen LogP contribution in [0, 0.1) is 12.7 Å². The van der Waals surface area contributed by atoms with Gasteiger partial charge >= 0.3 is 6.18 Å². The lowest BCUT2D eigenvalue weighted by Gasteiger charge is -2.23. The minimum atomic E-state index is -4.89. The van der Waals surface area contributed by atoms with E-state index < -0.39 is 29.3 Å². The third-order valence-corrected chi connectivity index (χ3v) is 4.64. The first kappa shape index (κ1) is 22.3. The Morgan fingerprint density at radius 3 is 2.48 bits per heavy atom. The Bertz CT molecular complexity index is 1050. The summed E-state index contributed by atoms with van der Waals surface area (Å²) in [6.45, 7) is 5.08. The number of alkyl halides is 3. The number of carbonyl (C=O) groups is 1. The maximum absolute atomic E-state index is 13.7. The van der Waals surface area contributed by atoms with E-state index in [9.17, 15) is 22.4 Å². The summed E-state index contributed by atoms with van der Waals surface area (Å²) in [5.41, 5.74) is -0.183. The maximum atomic E-state index is 13.7. The molecule has 31 heavy (non-hydrogen) atoms. The van der Waals surface area contributed by atoms with Crippen LogP contribution in [-0.4, -0.2) is 40.5 Å². The van der Waals surface area contributed by atoms with Crippen LogP contribution in [0.4, 0.5) is 23.2 Å². The van der Waals surface area contributed by atoms with Crippen LogP contribution in [0.25, 0.3) is 5.69 Å². The minimum Gasteiger partial charge on any atom is -0.370 e. The van der Waals surface area contributed by atoms with E-state index in [-0.39, 0.29) is 12.2 Å². The molecule has 0 unspecified atom stereocenters. The number of aryl methyl sites for hydroxylation is 1. The molecule has 1 amide bonds. The number of amides is 1. The van der Waals surface area contributed by atoms with E-state index in [1.807, 2.05) is 43.0 Å². The average Bonchev–Trinajstić information content (AvgIpc) is 3.17. The number of nitrogens with one attached hydrogen (secondary N) is 1. The summed E-state index contributed by atoms with van der Waals surface area (Å²) in [6.07, 6.45) is -4.89. The molecule has 6 nitrogen and oxygen atoms in total. The van der Waals surface area contributed by atoms with Crippen LogP contribution in [0.3, 0.4) is 0 Å². The number of nitrogens with zero attached hydrogens (tertiary/aromatic N) is 4. The smallest absolute Gasteiger partial charge is 0.370 e. The van der Waals surface area contributed by atoms with Gasteiger partial charge in [-0.25, -0.2) is 9.07 Å². The monoisotopic (exact) mass is 435 g/mol. The third-order valence-electron chi connectivity index (χ3n) is 4.64. The Balaban J connectivity index is 1.76. The molecule has 0 fully saturated rings. The molecule has 10 heteroatoms. The van der Waals surface area contributed by atoms with E-state index in [0.717, 1.165) is 35.5 Å². The predicted octanol–water partition coefficient (Wildman–Crippen LogP) is 3.99. The molecule has 0 bridgehead atoms. The van der Waals surface area contributed by atoms with Crippen molar-refractivity contribution in [2.45, 2.75) is 20.0 Å². The van der Waals surface area contributed by atoms with Crippen LogP contribution in [0.15, 0.2) is 48.5 Å². The van der Waals surface area contributed by atoms with Crippen molar-refractivity contribution in [3.63, 3.8) is 0 Å². The van der Waals surface area contributed by atoms with Crippen molar-refractivity contribution in [2.75, 3.05) is 24.5 Å². The summed E-state index contributed by atoms with van der Waals surface area (Å²) in [5, 5.41) is 9.39. The first-order chi connectivity index (χ1) is 14.7. The van der Waals surface area contributed by atoms with E-state index >= 15 is 0 Å². The standard InChI is InChI=1S/C21H21F4N5O/c1-3-29(17-6-4-5-14(2)13-17)12-11-26-20(31)18-19(21(23,24)25)30(28-27-18)16-9-7-15(22)8-10-16/h4-10,13H,3,11-12H2,1-2H3,(H,26,31). The summed E-state index contributed by atoms with van der Waals surface area (Å²) >= 11 is 0. The van der Waals surface area contributed by atoms with Crippen molar-refractivity contribution in [3.8, 4) is 5.69 Å². The van der Waals surface area contributed by atoms with Gasteiger partial charge in [0.2, 0.25) is 0 Å². The van der Waals surface area contributed by atoms with Crippen molar-refractivity contribution in [2.24, 2.45) is 0 Å². The van der Waals surface area contributed by atoms with Crippen LogP contribution in [0.1, 0.15) is 28.7 Å². The van der Waals surface area contributed by atoms with Gasteiger partial charge in [0.25, 0.3) is 5.91 Å². The molecule has 0 saturated heterocycles. The first-order valence-corrected chi connectivity index (χ1v) is 9.59. The van der Waals surface area contributed by atoms with E-state index in [2.05, 4.69) is 15.6 Å². The number of hydrogen-bond acceptors (Lipinski definition) is 4. The number of hydrogen-bond donors (Lipinski definition) is 1. The van der Waals surface area contributed by atoms with Crippen LogP contribution in [-0.2, 0) is 6.18 Å². The lowest BCUT2D eigenvalue weighted by molar-refractivity contribution is -0.143. The zero-order valence-electron chi connectivity index (χ0n) is 16.9. The Morgan fingerprint density at radius 1 is 1.16 bits per heavy atom. The van der Waals surface area contributed by atoms with Crippen molar-refractivity contribution in [3.05, 3.63) is 71.3 Å². The van der Waals surface area contributed by atoms with E-state index in [4.69, 9.17) is 0 Å². The summed E-state index contributed by atoms with van der Waals surface area (Å²) in [5.74, 6) is -1.59. The van der Waals surface area contributed by atoms with Gasteiger partial charge in [-0.05, 0) is 55.8 Å². The van der Waals surface area contributed by atoms with Crippen molar-refractivity contribution in [1.29, 1.82) is 0 Å². The highest BCUT2D eigenvalue weighted by molar-refractivity contribution is 5.93. The van der Waals surface area contributed by atoms with Crippen molar-refractivity contribution in [1.82, 2.24) is 20.3 Å². The summed E-state index contributed by atoms with van der Waals surface area (Å²) in [4.78, 5) is 14.5. The fourth-order valence-corrected chi connectivity index (χ4v) is 3.13. The molecule has 0 atom stereocenters. The normalized spacial score (nSPS) is 11.4. The van der Waals surface area contributed by atoms with E-state index in [0.29, 0.717) is 17.8 Å². The molecule has 1 aromatic heterocycles. The molecular weight excluding hydrogens is 414 g/mol. The zero-order chi connectivity index (χ0) is 22.6. The number of rotatable bonds is 7. The summed E-state index contributed by atoms with van der Waals surface area (Å²) in [7, 11) is 0. The molecule has 0 aliphatic heterocycles. The van der Waals surface area contributed by atoms with Gasteiger partial charge in [-0.3, -0.25) is 4.79 Å². The van der Waals surface area contributed by atoms with Gasteiger partial charge in [-0.2, -0.15) is 13.2 Å². The minimum absolute atomic E-state index is 0.0584. The second-order valence-electron chi connectivity index (χ2n) is 6.85. The molecule has 2 aromatic carbocycles. The number of anilines is 1. The first-order valence-electron chi connectivity index (χ1n) is 9.59. The van der Waals surface area contributed by atoms with Gasteiger partial charge in [0.15, 0.2) is 11.4 Å². The summed E-state index contributed by atoms with van der Waals surface area (Å²) in [6, 6.07) is 12.0. The molecule has 0 radical (unpaired) electrons. The molecule has 0 aliphatic carbocycles. The Kier molecular flexibility index (Phi) is 6.57. The second kappa shape index (κ2) is 9.15. The predicted molar refractivity (Wildman–Crippen MR) is 108 cm³/mol. The number of likely N-dealkylation sites (N-methyl/N-ethyl adjacent to an activating group) is 1. The molecule has 0 aliphatic rings. The number of carbonyl (C=O) groups excluding carboxylic acids is 1. The lowest BCUT2D eigenvalue weighted by Crippen LogP contribution is -2.36. The number of aromatic nitrogens is 3. The van der Waals surface area contributed by atoms with Crippen LogP contribution < -0.4 is 10.2 Å². The number of benzene rings is 2. The fraction of sp³-hybridized carbons (Fsp3) is 0.286. The highest BCUT2D eigenvalue weighted by atomic mass is 19.4. The third kappa shape index (κ3) is 5.19. The van der Waals surface area contributed by atoms with Gasteiger partial charge < -0.3 is 10.2 Å². The molecule has 1 N–H and O–H groups in total. The van der Waals surface area contributed by atoms with Crippen LogP contribution in [0.5, 0.6) is 0 Å². The molecule has 3 aromatic rings.